The standard InChI is InChI=1S/C28H35N5O4/c1-19-16-33(20(2)18-34)27(35)23-13-22(10-6-9-21-7-4-5-8-21)14-31-26(23)37-25(19)17-32(3)28(36)24-15-29-11-12-30-24/h11-15,19-21,25,34H,4-5,7-9,16-18H2,1-3H3/t19-,20+,25-/m1/s1. The Kier molecular flexibility index (Phi) is 8.72. The van der Waals surface area contributed by atoms with E-state index in [4.69, 9.17) is 4.74 Å². The van der Waals surface area contributed by atoms with Crippen LogP contribution in [0.2, 0.25) is 0 Å². The van der Waals surface area contributed by atoms with Gasteiger partial charge in [0.2, 0.25) is 5.88 Å². The number of fused-ring (bicyclic) bond motifs is 1. The lowest BCUT2D eigenvalue weighted by atomic mass is 9.99. The van der Waals surface area contributed by atoms with Gasteiger partial charge >= 0.3 is 0 Å². The molecule has 0 radical (unpaired) electrons. The van der Waals surface area contributed by atoms with Crippen LogP contribution in [-0.4, -0.2) is 80.6 Å². The molecule has 196 valence electrons. The van der Waals surface area contributed by atoms with E-state index in [1.54, 1.807) is 24.2 Å². The molecule has 1 saturated carbocycles. The third-order valence-electron chi connectivity index (χ3n) is 7.20. The van der Waals surface area contributed by atoms with Gasteiger partial charge in [-0.1, -0.05) is 31.6 Å². The maximum absolute atomic E-state index is 13.6. The topological polar surface area (TPSA) is 109 Å². The summed E-state index contributed by atoms with van der Waals surface area (Å²) < 4.78 is 6.28. The molecule has 0 unspecified atom stereocenters. The van der Waals surface area contributed by atoms with E-state index in [1.165, 1.54) is 49.2 Å². The number of carbonyl (C=O) groups is 2. The van der Waals surface area contributed by atoms with Crippen molar-refractivity contribution >= 4 is 11.8 Å². The van der Waals surface area contributed by atoms with E-state index in [-0.39, 0.29) is 42.5 Å². The van der Waals surface area contributed by atoms with Crippen molar-refractivity contribution in [2.24, 2.45) is 11.8 Å². The molecule has 2 amide bonds. The summed E-state index contributed by atoms with van der Waals surface area (Å²) in [5, 5.41) is 9.86. The van der Waals surface area contributed by atoms with Crippen molar-refractivity contribution in [2.75, 3.05) is 26.7 Å². The number of aromatic nitrogens is 3. The van der Waals surface area contributed by atoms with Crippen LogP contribution in [0.1, 0.15) is 72.4 Å². The Morgan fingerprint density at radius 3 is 2.76 bits per heavy atom. The minimum Gasteiger partial charge on any atom is -0.472 e. The number of ether oxygens (including phenoxy) is 1. The van der Waals surface area contributed by atoms with E-state index >= 15 is 0 Å². The molecule has 37 heavy (non-hydrogen) atoms. The highest BCUT2D eigenvalue weighted by Crippen LogP contribution is 2.28. The van der Waals surface area contributed by atoms with Crippen molar-refractivity contribution in [1.82, 2.24) is 24.8 Å². The van der Waals surface area contributed by atoms with Gasteiger partial charge in [-0.05, 0) is 31.7 Å². The number of amides is 2. The maximum atomic E-state index is 13.6. The van der Waals surface area contributed by atoms with Crippen LogP contribution in [-0.2, 0) is 0 Å². The molecule has 2 aliphatic rings. The lowest BCUT2D eigenvalue weighted by Crippen LogP contribution is -2.50. The van der Waals surface area contributed by atoms with Crippen LogP contribution in [0.5, 0.6) is 5.88 Å². The molecule has 3 heterocycles. The SMILES string of the molecule is C[C@@H]1CN([C@@H](C)CO)C(=O)c2cc(C#CCC3CCCC3)cnc2O[C@@H]1CN(C)C(=O)c1cnccn1. The predicted molar refractivity (Wildman–Crippen MR) is 138 cm³/mol. The highest BCUT2D eigenvalue weighted by Gasteiger charge is 2.35. The fourth-order valence-corrected chi connectivity index (χ4v) is 4.86. The number of likely N-dealkylation sites (N-methyl/N-ethyl adjacent to an activating group) is 1. The molecular weight excluding hydrogens is 470 g/mol. The molecule has 4 rings (SSSR count). The van der Waals surface area contributed by atoms with Crippen LogP contribution in [0.25, 0.3) is 0 Å². The Labute approximate surface area is 218 Å². The van der Waals surface area contributed by atoms with Gasteiger partial charge in [-0.2, -0.15) is 0 Å². The lowest BCUT2D eigenvalue weighted by Gasteiger charge is -2.37. The van der Waals surface area contributed by atoms with E-state index in [9.17, 15) is 14.7 Å². The smallest absolute Gasteiger partial charge is 0.273 e. The minimum atomic E-state index is -0.447. The number of hydrogen-bond donors (Lipinski definition) is 1. The van der Waals surface area contributed by atoms with E-state index < -0.39 is 12.1 Å². The third kappa shape index (κ3) is 6.44. The number of pyridine rings is 1. The van der Waals surface area contributed by atoms with E-state index in [1.807, 2.05) is 13.8 Å². The lowest BCUT2D eigenvalue weighted by molar-refractivity contribution is 0.0312. The van der Waals surface area contributed by atoms with Gasteiger partial charge in [0.15, 0.2) is 0 Å². The Morgan fingerprint density at radius 2 is 2.05 bits per heavy atom. The summed E-state index contributed by atoms with van der Waals surface area (Å²) in [4.78, 5) is 42.2. The first kappa shape index (κ1) is 26.6. The number of hydrogen-bond acceptors (Lipinski definition) is 7. The molecule has 0 bridgehead atoms. The molecule has 2 aromatic rings. The first-order chi connectivity index (χ1) is 17.9. The minimum absolute atomic E-state index is 0.143. The van der Waals surface area contributed by atoms with Gasteiger partial charge in [0, 0.05) is 50.1 Å². The van der Waals surface area contributed by atoms with Crippen molar-refractivity contribution in [3.8, 4) is 17.7 Å². The number of aliphatic hydroxyl groups excluding tert-OH is 1. The van der Waals surface area contributed by atoms with Gasteiger partial charge in [-0.25, -0.2) is 9.97 Å². The summed E-state index contributed by atoms with van der Waals surface area (Å²) in [5.41, 5.74) is 1.21. The third-order valence-corrected chi connectivity index (χ3v) is 7.20. The molecular formula is C28H35N5O4. The van der Waals surface area contributed by atoms with Crippen LogP contribution in [0.4, 0.5) is 0 Å². The predicted octanol–water partition coefficient (Wildman–Crippen LogP) is 2.80. The first-order valence-corrected chi connectivity index (χ1v) is 13.0. The molecule has 0 spiro atoms. The van der Waals surface area contributed by atoms with Crippen molar-refractivity contribution in [1.29, 1.82) is 0 Å². The van der Waals surface area contributed by atoms with Gasteiger partial charge in [0.25, 0.3) is 11.8 Å². The number of carbonyl (C=O) groups excluding carboxylic acids is 2. The largest absolute Gasteiger partial charge is 0.472 e. The molecule has 1 fully saturated rings. The number of aliphatic hydroxyl groups is 1. The normalized spacial score (nSPS) is 20.6. The monoisotopic (exact) mass is 505 g/mol. The maximum Gasteiger partial charge on any atom is 0.273 e. The zero-order valence-corrected chi connectivity index (χ0v) is 21.8. The summed E-state index contributed by atoms with van der Waals surface area (Å²) >= 11 is 0. The quantitative estimate of drug-likeness (QED) is 0.602. The zero-order valence-electron chi connectivity index (χ0n) is 21.8. The molecule has 1 N–H and O–H groups in total. The molecule has 0 aromatic carbocycles. The highest BCUT2D eigenvalue weighted by molar-refractivity contribution is 5.97. The fourth-order valence-electron chi connectivity index (χ4n) is 4.86. The van der Waals surface area contributed by atoms with Gasteiger partial charge in [-0.15, -0.1) is 0 Å². The van der Waals surface area contributed by atoms with Crippen LogP contribution in [0, 0.1) is 23.7 Å². The Bertz CT molecular complexity index is 1160. The van der Waals surface area contributed by atoms with Crippen molar-refractivity contribution < 1.29 is 19.4 Å². The summed E-state index contributed by atoms with van der Waals surface area (Å²) in [6.45, 7) is 4.22. The Balaban J connectivity index is 1.59. The van der Waals surface area contributed by atoms with E-state index in [0.29, 0.717) is 23.6 Å². The fraction of sp³-hybridized carbons (Fsp3) is 0.536. The van der Waals surface area contributed by atoms with Gasteiger partial charge in [-0.3, -0.25) is 14.6 Å². The van der Waals surface area contributed by atoms with Crippen LogP contribution in [0.3, 0.4) is 0 Å². The van der Waals surface area contributed by atoms with Gasteiger partial charge in [0.05, 0.1) is 25.4 Å². The van der Waals surface area contributed by atoms with Gasteiger partial charge < -0.3 is 19.6 Å². The summed E-state index contributed by atoms with van der Waals surface area (Å²) in [6.07, 6.45) is 11.5. The molecule has 2 aromatic heterocycles. The van der Waals surface area contributed by atoms with Crippen LogP contribution < -0.4 is 4.74 Å². The van der Waals surface area contributed by atoms with Crippen LogP contribution >= 0.6 is 0 Å². The van der Waals surface area contributed by atoms with Crippen LogP contribution in [0.15, 0.2) is 30.9 Å². The molecule has 3 atom stereocenters. The van der Waals surface area contributed by atoms with Crippen molar-refractivity contribution in [3.63, 3.8) is 0 Å². The van der Waals surface area contributed by atoms with E-state index in [0.717, 1.165) is 6.42 Å². The second-order valence-electron chi connectivity index (χ2n) is 10.1. The summed E-state index contributed by atoms with van der Waals surface area (Å²) in [5.74, 6) is 6.62. The average Bonchev–Trinajstić information content (AvgIpc) is 3.44. The molecule has 1 aliphatic carbocycles. The summed E-state index contributed by atoms with van der Waals surface area (Å²) in [6, 6.07) is 1.34. The zero-order chi connectivity index (χ0) is 26.4. The number of nitrogens with zero attached hydrogens (tertiary/aromatic N) is 5. The van der Waals surface area contributed by atoms with E-state index in [2.05, 4.69) is 26.8 Å². The molecule has 1 aliphatic heterocycles. The average molecular weight is 506 g/mol. The Hall–Kier alpha value is -3.51. The Morgan fingerprint density at radius 1 is 1.27 bits per heavy atom. The van der Waals surface area contributed by atoms with Crippen molar-refractivity contribution in [2.45, 2.75) is 58.1 Å². The first-order valence-electron chi connectivity index (χ1n) is 13.0. The highest BCUT2D eigenvalue weighted by atomic mass is 16.5. The summed E-state index contributed by atoms with van der Waals surface area (Å²) in [7, 11) is 1.68. The second kappa shape index (κ2) is 12.2. The van der Waals surface area contributed by atoms with Gasteiger partial charge in [0.1, 0.15) is 17.4 Å². The second-order valence-corrected chi connectivity index (χ2v) is 10.1. The molecule has 0 saturated heterocycles. The number of rotatable bonds is 6. The van der Waals surface area contributed by atoms with Crippen molar-refractivity contribution in [3.05, 3.63) is 47.7 Å². The molecule has 9 heteroatoms. The molecule has 9 nitrogen and oxygen atoms in total.